The van der Waals surface area contributed by atoms with Gasteiger partial charge in [-0.15, -0.1) is 11.8 Å². The highest BCUT2D eigenvalue weighted by Crippen LogP contribution is 2.24. The number of amides is 2. The van der Waals surface area contributed by atoms with Gasteiger partial charge in [0.25, 0.3) is 11.8 Å². The van der Waals surface area contributed by atoms with Crippen LogP contribution < -0.4 is 10.6 Å². The van der Waals surface area contributed by atoms with Crippen molar-refractivity contribution >= 4 is 35.2 Å². The lowest BCUT2D eigenvalue weighted by atomic mass is 10.1. The molecule has 1 fully saturated rings. The number of aryl methyl sites for hydroxylation is 2. The smallest absolute Gasteiger partial charge is 0.316 e. The predicted molar refractivity (Wildman–Crippen MR) is 113 cm³/mol. The Balaban J connectivity index is 1.48. The average Bonchev–Trinajstić information content (AvgIpc) is 3.51. The first-order valence-electron chi connectivity index (χ1n) is 9.48. The van der Waals surface area contributed by atoms with Gasteiger partial charge in [0.2, 0.25) is 0 Å². The van der Waals surface area contributed by atoms with E-state index in [4.69, 9.17) is 4.74 Å². The number of hydrogen-bond acceptors (Lipinski definition) is 5. The largest absolute Gasteiger partial charge is 0.455 e. The van der Waals surface area contributed by atoms with Crippen LogP contribution in [0.3, 0.4) is 0 Å². The van der Waals surface area contributed by atoms with Crippen molar-refractivity contribution in [3.63, 3.8) is 0 Å². The zero-order valence-corrected chi connectivity index (χ0v) is 17.3. The Bertz CT molecular complexity index is 925. The number of anilines is 1. The summed E-state index contributed by atoms with van der Waals surface area (Å²) in [5, 5.41) is 5.54. The van der Waals surface area contributed by atoms with E-state index in [9.17, 15) is 14.4 Å². The van der Waals surface area contributed by atoms with E-state index < -0.39 is 18.5 Å². The van der Waals surface area contributed by atoms with Gasteiger partial charge in [0.1, 0.15) is 0 Å². The van der Waals surface area contributed by atoms with Gasteiger partial charge in [-0.3, -0.25) is 14.4 Å². The molecule has 2 aromatic rings. The van der Waals surface area contributed by atoms with Gasteiger partial charge in [-0.1, -0.05) is 29.8 Å². The molecule has 0 unspecified atom stereocenters. The molecule has 0 saturated heterocycles. The zero-order chi connectivity index (χ0) is 20.8. The van der Waals surface area contributed by atoms with Crippen molar-refractivity contribution in [3.05, 3.63) is 59.2 Å². The Hall–Kier alpha value is -2.80. The predicted octanol–water partition coefficient (Wildman–Crippen LogP) is 3.47. The van der Waals surface area contributed by atoms with Crippen LogP contribution in [0.1, 0.15) is 34.3 Å². The number of thioether (sulfide) groups is 1. The summed E-state index contributed by atoms with van der Waals surface area (Å²) in [5.41, 5.74) is 3.00. The second-order valence-electron chi connectivity index (χ2n) is 7.06. The number of ether oxygens (including phenoxy) is 1. The van der Waals surface area contributed by atoms with Crippen LogP contribution in [0.25, 0.3) is 0 Å². The summed E-state index contributed by atoms with van der Waals surface area (Å²) in [6.45, 7) is 3.58. The summed E-state index contributed by atoms with van der Waals surface area (Å²) in [5.74, 6) is -1.05. The van der Waals surface area contributed by atoms with Crippen LogP contribution in [0.2, 0.25) is 0 Å². The van der Waals surface area contributed by atoms with Crippen LogP contribution >= 0.6 is 11.8 Å². The van der Waals surface area contributed by atoms with Crippen molar-refractivity contribution in [2.75, 3.05) is 17.7 Å². The zero-order valence-electron chi connectivity index (χ0n) is 16.5. The van der Waals surface area contributed by atoms with Crippen molar-refractivity contribution < 1.29 is 19.1 Å². The normalized spacial score (nSPS) is 12.9. The first kappa shape index (κ1) is 20.9. The molecular formula is C22H24N2O4S. The second-order valence-corrected chi connectivity index (χ2v) is 8.08. The number of nitrogens with one attached hydrogen (secondary N) is 2. The van der Waals surface area contributed by atoms with Crippen molar-refractivity contribution in [3.8, 4) is 0 Å². The molecule has 7 heteroatoms. The van der Waals surface area contributed by atoms with Crippen LogP contribution in [0, 0.1) is 13.8 Å². The average molecular weight is 413 g/mol. The van der Waals surface area contributed by atoms with Gasteiger partial charge in [-0.2, -0.15) is 0 Å². The van der Waals surface area contributed by atoms with Crippen LogP contribution in [-0.2, 0) is 14.3 Å². The van der Waals surface area contributed by atoms with Gasteiger partial charge in [-0.25, -0.2) is 0 Å². The van der Waals surface area contributed by atoms with Crippen LogP contribution in [-0.4, -0.2) is 36.2 Å². The standard InChI is InChI=1S/C22H24N2O4S/c1-14-7-8-15(2)19(11-14)29-13-21(26)28-12-20(25)24-18-6-4-3-5-17(18)22(27)23-16-9-10-16/h3-8,11,16H,9-10,12-13H2,1-2H3,(H,23,27)(H,24,25). The number of hydrogen-bond donors (Lipinski definition) is 2. The lowest BCUT2D eigenvalue weighted by Crippen LogP contribution is -2.28. The van der Waals surface area contributed by atoms with Crippen LogP contribution in [0.5, 0.6) is 0 Å². The van der Waals surface area contributed by atoms with Crippen LogP contribution in [0.4, 0.5) is 5.69 Å². The Kier molecular flexibility index (Phi) is 6.93. The highest BCUT2D eigenvalue weighted by atomic mass is 32.2. The molecule has 6 nitrogen and oxygen atoms in total. The fourth-order valence-corrected chi connectivity index (χ4v) is 3.58. The molecule has 0 aliphatic heterocycles. The van der Waals surface area contributed by atoms with Gasteiger partial charge in [0, 0.05) is 10.9 Å². The summed E-state index contributed by atoms with van der Waals surface area (Å²) in [7, 11) is 0. The molecule has 2 amide bonds. The fraction of sp³-hybridized carbons (Fsp3) is 0.318. The third-order valence-corrected chi connectivity index (χ3v) is 5.54. The molecule has 3 rings (SSSR count). The molecule has 0 bridgehead atoms. The summed E-state index contributed by atoms with van der Waals surface area (Å²) >= 11 is 1.38. The molecule has 1 aliphatic carbocycles. The molecule has 2 N–H and O–H groups in total. The summed E-state index contributed by atoms with van der Waals surface area (Å²) in [6.07, 6.45) is 1.96. The number of carbonyl (C=O) groups is 3. The third-order valence-electron chi connectivity index (χ3n) is 4.41. The first-order valence-corrected chi connectivity index (χ1v) is 10.5. The van der Waals surface area contributed by atoms with Gasteiger partial charge in [-0.05, 0) is 50.5 Å². The number of rotatable bonds is 8. The molecule has 1 aliphatic rings. The Morgan fingerprint density at radius 1 is 1.10 bits per heavy atom. The highest BCUT2D eigenvalue weighted by Gasteiger charge is 2.25. The molecule has 1 saturated carbocycles. The monoisotopic (exact) mass is 412 g/mol. The van der Waals surface area contributed by atoms with Crippen molar-refractivity contribution in [1.29, 1.82) is 0 Å². The quantitative estimate of drug-likeness (QED) is 0.512. The van der Waals surface area contributed by atoms with E-state index in [1.54, 1.807) is 24.3 Å². The lowest BCUT2D eigenvalue weighted by Gasteiger charge is -2.11. The van der Waals surface area contributed by atoms with Gasteiger partial charge < -0.3 is 15.4 Å². The lowest BCUT2D eigenvalue weighted by molar-refractivity contribution is -0.144. The maximum atomic E-state index is 12.3. The maximum Gasteiger partial charge on any atom is 0.316 e. The van der Waals surface area contributed by atoms with E-state index in [-0.39, 0.29) is 17.7 Å². The summed E-state index contributed by atoms with van der Waals surface area (Å²) in [6, 6.07) is 13.0. The number of benzene rings is 2. The fourth-order valence-electron chi connectivity index (χ4n) is 2.65. The van der Waals surface area contributed by atoms with E-state index in [0.29, 0.717) is 11.3 Å². The molecule has 0 spiro atoms. The SMILES string of the molecule is Cc1ccc(C)c(SCC(=O)OCC(=O)Nc2ccccc2C(=O)NC2CC2)c1. The van der Waals surface area contributed by atoms with E-state index in [1.807, 2.05) is 32.0 Å². The maximum absolute atomic E-state index is 12.3. The minimum Gasteiger partial charge on any atom is -0.455 e. The number of para-hydroxylation sites is 1. The van der Waals surface area contributed by atoms with Crippen LogP contribution in [0.15, 0.2) is 47.4 Å². The minimum atomic E-state index is -0.484. The van der Waals surface area contributed by atoms with E-state index >= 15 is 0 Å². The summed E-state index contributed by atoms with van der Waals surface area (Å²) in [4.78, 5) is 37.5. The van der Waals surface area contributed by atoms with Crippen molar-refractivity contribution in [1.82, 2.24) is 5.32 Å². The molecule has 152 valence electrons. The van der Waals surface area contributed by atoms with Gasteiger partial charge in [0.05, 0.1) is 17.0 Å². The van der Waals surface area contributed by atoms with Gasteiger partial charge >= 0.3 is 5.97 Å². The Morgan fingerprint density at radius 2 is 1.86 bits per heavy atom. The third kappa shape index (κ3) is 6.35. The molecule has 0 aromatic heterocycles. The second kappa shape index (κ2) is 9.60. The molecule has 0 heterocycles. The molecule has 29 heavy (non-hydrogen) atoms. The Labute approximate surface area is 174 Å². The van der Waals surface area contributed by atoms with E-state index in [2.05, 4.69) is 10.6 Å². The minimum absolute atomic E-state index is 0.123. The number of esters is 1. The Morgan fingerprint density at radius 3 is 2.62 bits per heavy atom. The highest BCUT2D eigenvalue weighted by molar-refractivity contribution is 8.00. The molecule has 2 aromatic carbocycles. The summed E-state index contributed by atoms with van der Waals surface area (Å²) < 4.78 is 5.07. The van der Waals surface area contributed by atoms with E-state index in [1.165, 1.54) is 11.8 Å². The van der Waals surface area contributed by atoms with E-state index in [0.717, 1.165) is 28.9 Å². The molecule has 0 atom stereocenters. The van der Waals surface area contributed by atoms with Crippen molar-refractivity contribution in [2.45, 2.75) is 37.6 Å². The first-order chi connectivity index (χ1) is 13.9. The molecule has 0 radical (unpaired) electrons. The topological polar surface area (TPSA) is 84.5 Å². The molecular weight excluding hydrogens is 388 g/mol. The van der Waals surface area contributed by atoms with Crippen molar-refractivity contribution in [2.24, 2.45) is 0 Å². The van der Waals surface area contributed by atoms with Gasteiger partial charge in [0.15, 0.2) is 6.61 Å². The number of carbonyl (C=O) groups excluding carboxylic acids is 3.